The molecule has 0 fully saturated rings. The van der Waals surface area contributed by atoms with Crippen molar-refractivity contribution in [3.05, 3.63) is 62.3 Å². The minimum absolute atomic E-state index is 0.162. The Kier molecular flexibility index (Phi) is 4.88. The van der Waals surface area contributed by atoms with Crippen LogP contribution in [-0.4, -0.2) is 9.97 Å². The molecule has 2 aromatic rings. The Balaban J connectivity index is 2.03. The molecule has 0 radical (unpaired) electrons. The predicted molar refractivity (Wildman–Crippen MR) is 83.9 cm³/mol. The fourth-order valence-electron chi connectivity index (χ4n) is 2.27. The third-order valence-electron chi connectivity index (χ3n) is 3.83. The summed E-state index contributed by atoms with van der Waals surface area (Å²) in [5.74, 6) is 0.615. The average molecular weight is 286 g/mol. The summed E-state index contributed by atoms with van der Waals surface area (Å²) in [5.41, 5.74) is 11.2. The Hall–Kier alpha value is -1.98. The summed E-state index contributed by atoms with van der Waals surface area (Å²) in [5, 5.41) is 3.31. The van der Waals surface area contributed by atoms with Gasteiger partial charge < -0.3 is 16.0 Å². The van der Waals surface area contributed by atoms with E-state index in [-0.39, 0.29) is 12.1 Å². The highest BCUT2D eigenvalue weighted by atomic mass is 16.1. The van der Waals surface area contributed by atoms with Gasteiger partial charge in [-0.05, 0) is 43.0 Å². The van der Waals surface area contributed by atoms with E-state index < -0.39 is 0 Å². The number of rotatable bonds is 5. The van der Waals surface area contributed by atoms with E-state index in [2.05, 4.69) is 48.2 Å². The first kappa shape index (κ1) is 15.4. The van der Waals surface area contributed by atoms with Gasteiger partial charge >= 0.3 is 0 Å². The number of aryl methyl sites for hydroxylation is 1. The van der Waals surface area contributed by atoms with Gasteiger partial charge in [0.05, 0.1) is 12.2 Å². The zero-order valence-electron chi connectivity index (χ0n) is 12.8. The zero-order valence-corrected chi connectivity index (χ0v) is 12.8. The van der Waals surface area contributed by atoms with Crippen molar-refractivity contribution in [2.75, 3.05) is 0 Å². The standard InChI is InChI=1S/C16H22N4O/c1-10-4-5-13(12(3)11(10)2)8-18-9-15-19-14(7-17)6-16(21)20-15/h4-6,18H,7-9,17H2,1-3H3,(H,19,20,21). The minimum Gasteiger partial charge on any atom is -0.325 e. The van der Waals surface area contributed by atoms with Gasteiger partial charge in [0, 0.05) is 19.2 Å². The minimum atomic E-state index is -0.162. The van der Waals surface area contributed by atoms with Crippen molar-refractivity contribution in [2.24, 2.45) is 5.73 Å². The quantitative estimate of drug-likeness (QED) is 0.776. The first-order valence-corrected chi connectivity index (χ1v) is 7.07. The fourth-order valence-corrected chi connectivity index (χ4v) is 2.27. The van der Waals surface area contributed by atoms with Gasteiger partial charge in [0.1, 0.15) is 5.82 Å². The molecule has 0 aliphatic heterocycles. The second-order valence-corrected chi connectivity index (χ2v) is 5.28. The fraction of sp³-hybridized carbons (Fsp3) is 0.375. The number of H-pyrrole nitrogens is 1. The molecule has 0 aliphatic carbocycles. The van der Waals surface area contributed by atoms with Gasteiger partial charge in [0.2, 0.25) is 0 Å². The maximum absolute atomic E-state index is 11.5. The van der Waals surface area contributed by atoms with Crippen LogP contribution in [0.2, 0.25) is 0 Å². The van der Waals surface area contributed by atoms with Crippen molar-refractivity contribution in [1.82, 2.24) is 15.3 Å². The molecule has 0 saturated heterocycles. The molecule has 112 valence electrons. The molecule has 2 rings (SSSR count). The lowest BCUT2D eigenvalue weighted by atomic mass is 9.99. The number of nitrogens with two attached hydrogens (primary N) is 1. The lowest BCUT2D eigenvalue weighted by Crippen LogP contribution is -2.21. The summed E-state index contributed by atoms with van der Waals surface area (Å²) in [6.45, 7) is 7.91. The molecule has 0 saturated carbocycles. The predicted octanol–water partition coefficient (Wildman–Crippen LogP) is 1.44. The number of aromatic amines is 1. The highest BCUT2D eigenvalue weighted by molar-refractivity contribution is 5.38. The normalized spacial score (nSPS) is 10.9. The van der Waals surface area contributed by atoms with Crippen LogP contribution < -0.4 is 16.6 Å². The van der Waals surface area contributed by atoms with Crippen molar-refractivity contribution in [3.63, 3.8) is 0 Å². The summed E-state index contributed by atoms with van der Waals surface area (Å²) in [6.07, 6.45) is 0. The first-order valence-electron chi connectivity index (χ1n) is 7.07. The second kappa shape index (κ2) is 6.65. The number of nitrogens with one attached hydrogen (secondary N) is 2. The van der Waals surface area contributed by atoms with Crippen LogP contribution in [0.3, 0.4) is 0 Å². The largest absolute Gasteiger partial charge is 0.325 e. The maximum atomic E-state index is 11.5. The van der Waals surface area contributed by atoms with Crippen LogP contribution in [-0.2, 0) is 19.6 Å². The molecule has 4 N–H and O–H groups in total. The first-order chi connectivity index (χ1) is 10.0. The molecule has 0 amide bonds. The van der Waals surface area contributed by atoms with Crippen molar-refractivity contribution in [3.8, 4) is 0 Å². The molecule has 21 heavy (non-hydrogen) atoms. The number of hydrogen-bond acceptors (Lipinski definition) is 4. The molecular weight excluding hydrogens is 264 g/mol. The summed E-state index contributed by atoms with van der Waals surface area (Å²) >= 11 is 0. The highest BCUT2D eigenvalue weighted by Crippen LogP contribution is 2.16. The van der Waals surface area contributed by atoms with Gasteiger partial charge in [-0.1, -0.05) is 12.1 Å². The topological polar surface area (TPSA) is 83.8 Å². The van der Waals surface area contributed by atoms with Gasteiger partial charge in [0.25, 0.3) is 5.56 Å². The number of benzene rings is 1. The number of aromatic nitrogens is 2. The molecule has 0 bridgehead atoms. The van der Waals surface area contributed by atoms with Crippen LogP contribution in [0.4, 0.5) is 0 Å². The Morgan fingerprint density at radius 2 is 1.95 bits per heavy atom. The monoisotopic (exact) mass is 286 g/mol. The van der Waals surface area contributed by atoms with E-state index in [1.165, 1.54) is 28.3 Å². The van der Waals surface area contributed by atoms with E-state index in [0.29, 0.717) is 18.1 Å². The van der Waals surface area contributed by atoms with Crippen LogP contribution in [0.15, 0.2) is 23.0 Å². The third-order valence-corrected chi connectivity index (χ3v) is 3.83. The van der Waals surface area contributed by atoms with Crippen LogP contribution in [0, 0.1) is 20.8 Å². The van der Waals surface area contributed by atoms with E-state index in [4.69, 9.17) is 5.73 Å². The van der Waals surface area contributed by atoms with E-state index in [0.717, 1.165) is 6.54 Å². The second-order valence-electron chi connectivity index (χ2n) is 5.28. The zero-order chi connectivity index (χ0) is 15.4. The van der Waals surface area contributed by atoms with Crippen molar-refractivity contribution >= 4 is 0 Å². The molecular formula is C16H22N4O. The van der Waals surface area contributed by atoms with Gasteiger partial charge in [0.15, 0.2) is 0 Å². The molecule has 1 aromatic carbocycles. The van der Waals surface area contributed by atoms with Crippen molar-refractivity contribution in [2.45, 2.75) is 40.4 Å². The van der Waals surface area contributed by atoms with Gasteiger partial charge in [-0.2, -0.15) is 0 Å². The number of hydrogen-bond donors (Lipinski definition) is 3. The Morgan fingerprint density at radius 1 is 1.19 bits per heavy atom. The summed E-state index contributed by atoms with van der Waals surface area (Å²) in [6, 6.07) is 5.70. The maximum Gasteiger partial charge on any atom is 0.251 e. The average Bonchev–Trinajstić information content (AvgIpc) is 2.46. The lowest BCUT2D eigenvalue weighted by molar-refractivity contribution is 0.652. The van der Waals surface area contributed by atoms with Crippen LogP contribution in [0.25, 0.3) is 0 Å². The van der Waals surface area contributed by atoms with E-state index in [1.54, 1.807) is 0 Å². The Labute approximate surface area is 124 Å². The summed E-state index contributed by atoms with van der Waals surface area (Å²) in [4.78, 5) is 18.5. The molecule has 0 unspecified atom stereocenters. The van der Waals surface area contributed by atoms with Gasteiger partial charge in [-0.15, -0.1) is 0 Å². The molecule has 0 aliphatic rings. The third kappa shape index (κ3) is 3.77. The molecule has 0 atom stereocenters. The highest BCUT2D eigenvalue weighted by Gasteiger charge is 2.04. The van der Waals surface area contributed by atoms with Crippen molar-refractivity contribution < 1.29 is 0 Å². The van der Waals surface area contributed by atoms with Crippen LogP contribution in [0.1, 0.15) is 33.8 Å². The van der Waals surface area contributed by atoms with E-state index in [9.17, 15) is 4.79 Å². The summed E-state index contributed by atoms with van der Waals surface area (Å²) < 4.78 is 0. The molecule has 5 nitrogen and oxygen atoms in total. The van der Waals surface area contributed by atoms with Crippen LogP contribution in [0.5, 0.6) is 0 Å². The van der Waals surface area contributed by atoms with Crippen LogP contribution >= 0.6 is 0 Å². The molecule has 1 heterocycles. The molecule has 5 heteroatoms. The SMILES string of the molecule is Cc1ccc(CNCc2nc(CN)cc(=O)[nH]2)c(C)c1C. The smallest absolute Gasteiger partial charge is 0.251 e. The Morgan fingerprint density at radius 3 is 2.67 bits per heavy atom. The molecule has 0 spiro atoms. The van der Waals surface area contributed by atoms with E-state index >= 15 is 0 Å². The van der Waals surface area contributed by atoms with Gasteiger partial charge in [-0.25, -0.2) is 4.98 Å². The lowest BCUT2D eigenvalue weighted by Gasteiger charge is -2.12. The summed E-state index contributed by atoms with van der Waals surface area (Å²) in [7, 11) is 0. The number of nitrogens with zero attached hydrogens (tertiary/aromatic N) is 1. The molecule has 1 aromatic heterocycles. The van der Waals surface area contributed by atoms with E-state index in [1.807, 2.05) is 0 Å². The van der Waals surface area contributed by atoms with Gasteiger partial charge in [-0.3, -0.25) is 4.79 Å². The Bertz CT molecular complexity index is 691. The van der Waals surface area contributed by atoms with Crippen molar-refractivity contribution in [1.29, 1.82) is 0 Å².